The smallest absolute Gasteiger partial charge is 0.328 e. The van der Waals surface area contributed by atoms with Crippen molar-refractivity contribution in [3.63, 3.8) is 0 Å². The summed E-state index contributed by atoms with van der Waals surface area (Å²) in [5.74, 6) is -0.808. The van der Waals surface area contributed by atoms with Gasteiger partial charge in [-0.15, -0.1) is 0 Å². The minimum Gasteiger partial charge on any atom is -0.478 e. The maximum Gasteiger partial charge on any atom is 0.328 e. The van der Waals surface area contributed by atoms with Crippen molar-refractivity contribution in [3.8, 4) is 11.5 Å². The van der Waals surface area contributed by atoms with E-state index < -0.39 is 11.9 Å². The summed E-state index contributed by atoms with van der Waals surface area (Å²) in [5, 5.41) is 19.4. The predicted molar refractivity (Wildman–Crippen MR) is 143 cm³/mol. The van der Waals surface area contributed by atoms with Crippen molar-refractivity contribution < 1.29 is 29.3 Å². The molecule has 0 amide bonds. The van der Waals surface area contributed by atoms with E-state index in [4.69, 9.17) is 19.7 Å². The second-order valence-electron chi connectivity index (χ2n) is 9.11. The second kappa shape index (κ2) is 13.4. The molecule has 0 aliphatic carbocycles. The fourth-order valence-corrected chi connectivity index (χ4v) is 4.70. The van der Waals surface area contributed by atoms with Gasteiger partial charge >= 0.3 is 11.9 Å². The monoisotopic (exact) mass is 516 g/mol. The van der Waals surface area contributed by atoms with Crippen LogP contribution >= 0.6 is 0 Å². The zero-order valence-corrected chi connectivity index (χ0v) is 21.0. The molecule has 0 saturated carbocycles. The number of aliphatic carboxylic acids is 2. The number of benzene rings is 3. The van der Waals surface area contributed by atoms with Crippen LogP contribution in [0.1, 0.15) is 35.6 Å². The zero-order valence-electron chi connectivity index (χ0n) is 21.0. The minimum atomic E-state index is -1.26. The van der Waals surface area contributed by atoms with Crippen LogP contribution in [0.4, 0.5) is 0 Å². The fourth-order valence-electron chi connectivity index (χ4n) is 4.70. The van der Waals surface area contributed by atoms with Gasteiger partial charge in [0.05, 0.1) is 6.04 Å². The van der Waals surface area contributed by atoms with E-state index in [0.717, 1.165) is 44.0 Å². The minimum absolute atomic E-state index is 0.321. The van der Waals surface area contributed by atoms with Crippen LogP contribution in [-0.4, -0.2) is 53.0 Å². The van der Waals surface area contributed by atoms with Gasteiger partial charge < -0.3 is 25.0 Å². The Labute approximate surface area is 222 Å². The van der Waals surface area contributed by atoms with E-state index >= 15 is 0 Å². The van der Waals surface area contributed by atoms with E-state index in [0.29, 0.717) is 31.0 Å². The molecule has 3 aromatic carbocycles. The Hall–Kier alpha value is -4.14. The summed E-state index contributed by atoms with van der Waals surface area (Å²) in [6.07, 6.45) is 3.42. The molecule has 0 bridgehead atoms. The molecule has 3 N–H and O–H groups in total. The first-order valence-electron chi connectivity index (χ1n) is 12.6. The van der Waals surface area contributed by atoms with E-state index in [9.17, 15) is 9.59 Å². The summed E-state index contributed by atoms with van der Waals surface area (Å²) in [5.41, 5.74) is 3.99. The number of ether oxygens (including phenoxy) is 2. The molecule has 8 nitrogen and oxygen atoms in total. The van der Waals surface area contributed by atoms with Gasteiger partial charge in [-0.05, 0) is 41.7 Å². The van der Waals surface area contributed by atoms with E-state index in [1.54, 1.807) is 0 Å². The number of rotatable bonds is 8. The van der Waals surface area contributed by atoms with Crippen molar-refractivity contribution in [3.05, 3.63) is 108 Å². The van der Waals surface area contributed by atoms with Crippen molar-refractivity contribution in [2.75, 3.05) is 19.9 Å². The lowest BCUT2D eigenvalue weighted by atomic mass is 9.94. The van der Waals surface area contributed by atoms with Crippen molar-refractivity contribution in [2.24, 2.45) is 0 Å². The molecule has 0 radical (unpaired) electrons. The lowest BCUT2D eigenvalue weighted by molar-refractivity contribution is -0.134. The van der Waals surface area contributed by atoms with Crippen LogP contribution in [0.5, 0.6) is 11.5 Å². The first kappa shape index (κ1) is 26.9. The summed E-state index contributed by atoms with van der Waals surface area (Å²) in [4.78, 5) is 21.7. The molecule has 2 aliphatic rings. The van der Waals surface area contributed by atoms with Crippen molar-refractivity contribution >= 4 is 11.9 Å². The molecule has 0 unspecified atom stereocenters. The van der Waals surface area contributed by atoms with Crippen LogP contribution in [-0.2, 0) is 16.1 Å². The lowest BCUT2D eigenvalue weighted by Gasteiger charge is -2.38. The number of carboxylic acid groups (broad SMARTS) is 2. The maximum atomic E-state index is 9.55. The van der Waals surface area contributed by atoms with Crippen LogP contribution in [0.25, 0.3) is 0 Å². The number of hydrogen-bond acceptors (Lipinski definition) is 6. The third kappa shape index (κ3) is 7.68. The molecule has 2 aliphatic heterocycles. The van der Waals surface area contributed by atoms with Gasteiger partial charge in [-0.2, -0.15) is 0 Å². The SMILES string of the molecule is O=C(O)/C=C\C(=O)O.c1ccc(C(c2ccccc2)N2CCC(NCc3ccc4c(c3)OCO4)CC2)cc1. The summed E-state index contributed by atoms with van der Waals surface area (Å²) in [7, 11) is 0. The Morgan fingerprint density at radius 1 is 0.842 bits per heavy atom. The van der Waals surface area contributed by atoms with E-state index in [1.807, 2.05) is 6.07 Å². The Bertz CT molecular complexity index is 1170. The van der Waals surface area contributed by atoms with Crippen LogP contribution in [0.2, 0.25) is 0 Å². The third-order valence-electron chi connectivity index (χ3n) is 6.53. The average molecular weight is 517 g/mol. The van der Waals surface area contributed by atoms with Gasteiger partial charge in [0.1, 0.15) is 0 Å². The molecule has 198 valence electrons. The van der Waals surface area contributed by atoms with Gasteiger partial charge in [0.25, 0.3) is 0 Å². The molecule has 0 spiro atoms. The van der Waals surface area contributed by atoms with Gasteiger partial charge in [-0.25, -0.2) is 9.59 Å². The van der Waals surface area contributed by atoms with Gasteiger partial charge in [-0.1, -0.05) is 66.7 Å². The Kier molecular flexibility index (Phi) is 9.50. The molecule has 0 aromatic heterocycles. The number of nitrogens with one attached hydrogen (secondary N) is 1. The summed E-state index contributed by atoms with van der Waals surface area (Å²) < 4.78 is 10.9. The maximum absolute atomic E-state index is 9.55. The second-order valence-corrected chi connectivity index (χ2v) is 9.11. The van der Waals surface area contributed by atoms with Gasteiger partial charge in [0, 0.05) is 37.8 Å². The number of fused-ring (bicyclic) bond motifs is 1. The highest BCUT2D eigenvalue weighted by molar-refractivity contribution is 5.89. The molecule has 5 rings (SSSR count). The molecule has 38 heavy (non-hydrogen) atoms. The highest BCUT2D eigenvalue weighted by Crippen LogP contribution is 2.33. The molecule has 8 heteroatoms. The normalized spacial score (nSPS) is 15.3. The number of hydrogen-bond donors (Lipinski definition) is 3. The highest BCUT2D eigenvalue weighted by Gasteiger charge is 2.27. The van der Waals surface area contributed by atoms with Crippen LogP contribution in [0.15, 0.2) is 91.0 Å². The molecule has 1 saturated heterocycles. The number of carbonyl (C=O) groups is 2. The highest BCUT2D eigenvalue weighted by atomic mass is 16.7. The number of likely N-dealkylation sites (tertiary alicyclic amines) is 1. The zero-order chi connectivity index (χ0) is 26.7. The van der Waals surface area contributed by atoms with E-state index in [2.05, 4.69) is 83.0 Å². The van der Waals surface area contributed by atoms with Crippen molar-refractivity contribution in [1.29, 1.82) is 0 Å². The Balaban J connectivity index is 0.000000368. The number of piperidine rings is 1. The Morgan fingerprint density at radius 3 is 1.95 bits per heavy atom. The standard InChI is InChI=1S/C26H28N2O2.C4H4O4/c1-3-7-21(8-4-1)26(22-9-5-2-6-10-22)28-15-13-23(14-16-28)27-18-20-11-12-24-25(17-20)30-19-29-24;5-3(6)1-2-4(7)8/h1-12,17,23,26-27H,13-16,18-19H2;1-2H,(H,5,6)(H,7,8)/b;2-1-. The summed E-state index contributed by atoms with van der Waals surface area (Å²) >= 11 is 0. The topological polar surface area (TPSA) is 108 Å². The van der Waals surface area contributed by atoms with Crippen molar-refractivity contribution in [2.45, 2.75) is 31.5 Å². The largest absolute Gasteiger partial charge is 0.478 e. The van der Waals surface area contributed by atoms with Crippen LogP contribution < -0.4 is 14.8 Å². The quantitative estimate of drug-likeness (QED) is 0.377. The van der Waals surface area contributed by atoms with Crippen LogP contribution in [0.3, 0.4) is 0 Å². The number of carboxylic acids is 2. The van der Waals surface area contributed by atoms with Crippen LogP contribution in [0, 0.1) is 0 Å². The first-order valence-corrected chi connectivity index (χ1v) is 12.6. The molecule has 1 fully saturated rings. The van der Waals surface area contributed by atoms with E-state index in [-0.39, 0.29) is 0 Å². The molecule has 3 aromatic rings. The van der Waals surface area contributed by atoms with E-state index in [1.165, 1.54) is 16.7 Å². The van der Waals surface area contributed by atoms with Gasteiger partial charge in [-0.3, -0.25) is 4.90 Å². The van der Waals surface area contributed by atoms with Gasteiger partial charge in [0.15, 0.2) is 11.5 Å². The molecular weight excluding hydrogens is 484 g/mol. The first-order chi connectivity index (χ1) is 18.5. The van der Waals surface area contributed by atoms with Gasteiger partial charge in [0.2, 0.25) is 6.79 Å². The average Bonchev–Trinajstić information content (AvgIpc) is 3.41. The lowest BCUT2D eigenvalue weighted by Crippen LogP contribution is -2.43. The molecule has 0 atom stereocenters. The molecule has 2 heterocycles. The summed E-state index contributed by atoms with van der Waals surface area (Å²) in [6, 6.07) is 28.9. The summed E-state index contributed by atoms with van der Waals surface area (Å²) in [6.45, 7) is 3.37. The third-order valence-corrected chi connectivity index (χ3v) is 6.53. The fraction of sp³-hybridized carbons (Fsp3) is 0.267. The molecular formula is C30H32N2O6. The predicted octanol–water partition coefficient (Wildman–Crippen LogP) is 4.47. The number of nitrogens with zero attached hydrogens (tertiary/aromatic N) is 1. The van der Waals surface area contributed by atoms with Crippen molar-refractivity contribution in [1.82, 2.24) is 10.2 Å². The Morgan fingerprint density at radius 2 is 1.39 bits per heavy atom.